The van der Waals surface area contributed by atoms with E-state index in [9.17, 15) is 4.79 Å². The van der Waals surface area contributed by atoms with Crippen LogP contribution in [0.15, 0.2) is 36.4 Å². The van der Waals surface area contributed by atoms with Gasteiger partial charge in [-0.25, -0.2) is 0 Å². The van der Waals surface area contributed by atoms with E-state index in [-0.39, 0.29) is 5.91 Å². The zero-order valence-corrected chi connectivity index (χ0v) is 14.7. The molecule has 0 atom stereocenters. The summed E-state index contributed by atoms with van der Waals surface area (Å²) in [4.78, 5) is 15.0. The van der Waals surface area contributed by atoms with Gasteiger partial charge in [-0.15, -0.1) is 0 Å². The number of halogens is 1. The average molecular weight is 345 g/mol. The molecule has 0 bridgehead atoms. The molecule has 2 aromatic carbocycles. The van der Waals surface area contributed by atoms with Crippen LogP contribution in [0.3, 0.4) is 0 Å². The molecule has 0 radical (unpaired) electrons. The first kappa shape index (κ1) is 16.7. The summed E-state index contributed by atoms with van der Waals surface area (Å²) in [5.74, 6) is 0.273. The molecule has 1 heterocycles. The van der Waals surface area contributed by atoms with Gasteiger partial charge in [-0.1, -0.05) is 11.6 Å². The molecule has 1 amide bonds. The number of hydrogen-bond acceptors (Lipinski definition) is 3. The van der Waals surface area contributed by atoms with Crippen molar-refractivity contribution in [1.29, 1.82) is 0 Å². The fraction of sp³-hybridized carbons (Fsp3) is 0.316. The molecule has 24 heavy (non-hydrogen) atoms. The number of carbonyl (C=O) groups excluding carboxylic acids is 1. The normalized spacial score (nSPS) is 13.9. The lowest BCUT2D eigenvalue weighted by Crippen LogP contribution is -2.18. The van der Waals surface area contributed by atoms with Gasteiger partial charge in [0.15, 0.2) is 0 Å². The van der Waals surface area contributed by atoms with Crippen molar-refractivity contribution in [2.45, 2.75) is 19.8 Å². The molecule has 1 aliphatic rings. The van der Waals surface area contributed by atoms with Crippen molar-refractivity contribution >= 4 is 28.9 Å². The number of carbonyl (C=O) groups is 1. The Morgan fingerprint density at radius 2 is 1.92 bits per heavy atom. The number of hydrogen-bond donors (Lipinski definition) is 1. The first-order chi connectivity index (χ1) is 11.6. The standard InChI is InChI=1S/C19H21ClN2O2/c1-13-11-15(22-9-3-4-10-22)6-7-17(13)21-19(23)16-12-14(20)5-8-18(16)24-2/h5-8,11-12H,3-4,9-10H2,1-2H3,(H,21,23). The molecule has 5 heteroatoms. The van der Waals surface area contributed by atoms with E-state index in [1.165, 1.54) is 25.6 Å². The maximum atomic E-state index is 12.6. The highest BCUT2D eigenvalue weighted by Crippen LogP contribution is 2.27. The predicted molar refractivity (Wildman–Crippen MR) is 98.6 cm³/mol. The quantitative estimate of drug-likeness (QED) is 0.887. The second-order valence-electron chi connectivity index (χ2n) is 5.99. The van der Waals surface area contributed by atoms with Gasteiger partial charge in [0.2, 0.25) is 0 Å². The van der Waals surface area contributed by atoms with Crippen LogP contribution < -0.4 is 15.0 Å². The molecule has 1 fully saturated rings. The van der Waals surface area contributed by atoms with Gasteiger partial charge in [-0.2, -0.15) is 0 Å². The van der Waals surface area contributed by atoms with Crippen molar-refractivity contribution < 1.29 is 9.53 Å². The molecule has 2 aromatic rings. The van der Waals surface area contributed by atoms with Gasteiger partial charge in [0.05, 0.1) is 12.7 Å². The van der Waals surface area contributed by atoms with E-state index in [4.69, 9.17) is 16.3 Å². The number of anilines is 2. The summed E-state index contributed by atoms with van der Waals surface area (Å²) in [6, 6.07) is 11.1. The second kappa shape index (κ2) is 7.14. The molecule has 3 rings (SSSR count). The fourth-order valence-corrected chi connectivity index (χ4v) is 3.18. The maximum Gasteiger partial charge on any atom is 0.259 e. The molecule has 4 nitrogen and oxygen atoms in total. The highest BCUT2D eigenvalue weighted by molar-refractivity contribution is 6.31. The van der Waals surface area contributed by atoms with E-state index in [0.29, 0.717) is 16.3 Å². The van der Waals surface area contributed by atoms with E-state index in [2.05, 4.69) is 22.3 Å². The zero-order valence-electron chi connectivity index (χ0n) is 13.9. The highest BCUT2D eigenvalue weighted by Gasteiger charge is 2.16. The highest BCUT2D eigenvalue weighted by atomic mass is 35.5. The van der Waals surface area contributed by atoms with E-state index in [0.717, 1.165) is 24.3 Å². The third-order valence-corrected chi connectivity index (χ3v) is 4.57. The zero-order chi connectivity index (χ0) is 17.1. The summed E-state index contributed by atoms with van der Waals surface area (Å²) in [6.07, 6.45) is 2.48. The Hall–Kier alpha value is -2.20. The number of nitrogens with zero attached hydrogens (tertiary/aromatic N) is 1. The van der Waals surface area contributed by atoms with Crippen LogP contribution in [0.2, 0.25) is 5.02 Å². The van der Waals surface area contributed by atoms with Crippen molar-refractivity contribution in [2.75, 3.05) is 30.4 Å². The number of benzene rings is 2. The number of nitrogens with one attached hydrogen (secondary N) is 1. The third-order valence-electron chi connectivity index (χ3n) is 4.34. The van der Waals surface area contributed by atoms with Gasteiger partial charge in [0.1, 0.15) is 5.75 Å². The van der Waals surface area contributed by atoms with Gasteiger partial charge >= 0.3 is 0 Å². The lowest BCUT2D eigenvalue weighted by Gasteiger charge is -2.19. The summed E-state index contributed by atoms with van der Waals surface area (Å²) < 4.78 is 5.25. The molecule has 0 spiro atoms. The lowest BCUT2D eigenvalue weighted by atomic mass is 10.1. The van der Waals surface area contributed by atoms with E-state index < -0.39 is 0 Å². The molecule has 1 aliphatic heterocycles. The van der Waals surface area contributed by atoms with Gasteiger partial charge in [-0.05, 0) is 61.7 Å². The molecule has 0 aliphatic carbocycles. The van der Waals surface area contributed by atoms with E-state index in [1.54, 1.807) is 18.2 Å². The van der Waals surface area contributed by atoms with Crippen LogP contribution in [-0.4, -0.2) is 26.1 Å². The summed E-state index contributed by atoms with van der Waals surface area (Å²) in [6.45, 7) is 4.21. The van der Waals surface area contributed by atoms with Crippen LogP contribution in [0.4, 0.5) is 11.4 Å². The minimum atomic E-state index is -0.230. The SMILES string of the molecule is COc1ccc(Cl)cc1C(=O)Nc1ccc(N2CCCC2)cc1C. The number of ether oxygens (including phenoxy) is 1. The lowest BCUT2D eigenvalue weighted by molar-refractivity contribution is 0.102. The largest absolute Gasteiger partial charge is 0.496 e. The minimum absolute atomic E-state index is 0.230. The Morgan fingerprint density at radius 1 is 1.17 bits per heavy atom. The van der Waals surface area contributed by atoms with Crippen molar-refractivity contribution in [3.8, 4) is 5.75 Å². The topological polar surface area (TPSA) is 41.6 Å². The molecule has 0 saturated carbocycles. The molecule has 126 valence electrons. The molecule has 0 unspecified atom stereocenters. The van der Waals surface area contributed by atoms with Crippen molar-refractivity contribution in [2.24, 2.45) is 0 Å². The Bertz CT molecular complexity index is 755. The number of methoxy groups -OCH3 is 1. The molecule has 1 saturated heterocycles. The summed E-state index contributed by atoms with van der Waals surface area (Å²) in [7, 11) is 1.54. The number of amides is 1. The van der Waals surface area contributed by atoms with Crippen LogP contribution >= 0.6 is 11.6 Å². The molecular formula is C19H21ClN2O2. The van der Waals surface area contributed by atoms with E-state index in [1.807, 2.05) is 13.0 Å². The first-order valence-electron chi connectivity index (χ1n) is 8.09. The smallest absolute Gasteiger partial charge is 0.259 e. The predicted octanol–water partition coefficient (Wildman–Crippen LogP) is 4.51. The minimum Gasteiger partial charge on any atom is -0.496 e. The van der Waals surface area contributed by atoms with E-state index >= 15 is 0 Å². The fourth-order valence-electron chi connectivity index (χ4n) is 3.01. The van der Waals surface area contributed by atoms with Crippen LogP contribution in [-0.2, 0) is 0 Å². The monoisotopic (exact) mass is 344 g/mol. The van der Waals surface area contributed by atoms with Crippen LogP contribution in [0, 0.1) is 6.92 Å². The average Bonchev–Trinajstić information content (AvgIpc) is 3.11. The summed E-state index contributed by atoms with van der Waals surface area (Å²) >= 11 is 6.00. The van der Waals surface area contributed by atoms with Gasteiger partial charge in [0.25, 0.3) is 5.91 Å². The third kappa shape index (κ3) is 3.49. The maximum absolute atomic E-state index is 12.6. The Morgan fingerprint density at radius 3 is 2.58 bits per heavy atom. The molecule has 1 N–H and O–H groups in total. The molecule has 0 aromatic heterocycles. The Balaban J connectivity index is 1.80. The van der Waals surface area contributed by atoms with Crippen LogP contribution in [0.25, 0.3) is 0 Å². The summed E-state index contributed by atoms with van der Waals surface area (Å²) in [5, 5.41) is 3.45. The van der Waals surface area contributed by atoms with Crippen LogP contribution in [0.1, 0.15) is 28.8 Å². The van der Waals surface area contributed by atoms with Crippen molar-refractivity contribution in [1.82, 2.24) is 0 Å². The Labute approximate surface area is 147 Å². The number of aryl methyl sites for hydroxylation is 1. The van der Waals surface area contributed by atoms with Gasteiger partial charge in [0, 0.05) is 29.5 Å². The van der Waals surface area contributed by atoms with Crippen molar-refractivity contribution in [3.63, 3.8) is 0 Å². The second-order valence-corrected chi connectivity index (χ2v) is 6.43. The molecular weight excluding hydrogens is 324 g/mol. The van der Waals surface area contributed by atoms with Gasteiger partial charge in [-0.3, -0.25) is 4.79 Å². The van der Waals surface area contributed by atoms with Gasteiger partial charge < -0.3 is 15.0 Å². The number of rotatable bonds is 4. The summed E-state index contributed by atoms with van der Waals surface area (Å²) in [5.41, 5.74) is 3.47. The Kier molecular flexibility index (Phi) is 4.95. The van der Waals surface area contributed by atoms with Crippen LogP contribution in [0.5, 0.6) is 5.75 Å². The first-order valence-corrected chi connectivity index (χ1v) is 8.47. The van der Waals surface area contributed by atoms with Crippen molar-refractivity contribution in [3.05, 3.63) is 52.5 Å².